The lowest BCUT2D eigenvalue weighted by molar-refractivity contribution is 0.0350. The lowest BCUT2D eigenvalue weighted by atomic mass is 10.3. The number of thiophene rings is 1. The molecule has 5 heterocycles. The van der Waals surface area contributed by atoms with E-state index in [0.29, 0.717) is 46.2 Å². The lowest BCUT2D eigenvalue weighted by Gasteiger charge is -2.09. The van der Waals surface area contributed by atoms with E-state index < -0.39 is 0 Å². The Morgan fingerprint density at radius 3 is 2.76 bits per heavy atom. The average Bonchev–Trinajstić information content (AvgIpc) is 3.52. The number of rotatable bonds is 7. The summed E-state index contributed by atoms with van der Waals surface area (Å²) >= 11 is 1.32. The van der Waals surface area contributed by atoms with Gasteiger partial charge in [0.1, 0.15) is 28.3 Å². The summed E-state index contributed by atoms with van der Waals surface area (Å²) in [6.45, 7) is 3.49. The van der Waals surface area contributed by atoms with Gasteiger partial charge in [0.05, 0.1) is 5.69 Å². The largest absolute Gasteiger partial charge is 0.457 e. The number of anilines is 4. The maximum absolute atomic E-state index is 12.3. The van der Waals surface area contributed by atoms with Gasteiger partial charge >= 0.3 is 5.97 Å². The second kappa shape index (κ2) is 9.89. The van der Waals surface area contributed by atoms with Crippen LogP contribution in [0.2, 0.25) is 0 Å². The topological polar surface area (TPSA) is 127 Å². The molecule has 3 N–H and O–H groups in total. The van der Waals surface area contributed by atoms with E-state index in [2.05, 4.69) is 40.9 Å². The number of esters is 1. The van der Waals surface area contributed by atoms with Gasteiger partial charge in [0.15, 0.2) is 5.82 Å². The van der Waals surface area contributed by atoms with E-state index in [0.717, 1.165) is 18.7 Å². The zero-order valence-corrected chi connectivity index (χ0v) is 19.2. The van der Waals surface area contributed by atoms with Crippen LogP contribution in [-0.4, -0.2) is 50.1 Å². The number of nitrogens with one attached hydrogen (secondary N) is 3. The van der Waals surface area contributed by atoms with Crippen molar-refractivity contribution < 1.29 is 9.53 Å². The predicted molar refractivity (Wildman–Crippen MR) is 130 cm³/mol. The molecule has 0 aliphatic carbocycles. The molecule has 0 spiro atoms. The first kappa shape index (κ1) is 21.9. The second-order valence-electron chi connectivity index (χ2n) is 7.66. The van der Waals surface area contributed by atoms with Gasteiger partial charge in [-0.25, -0.2) is 24.7 Å². The molecule has 1 aliphatic rings. The average molecular weight is 475 g/mol. The fourth-order valence-electron chi connectivity index (χ4n) is 3.42. The maximum atomic E-state index is 12.3. The highest BCUT2D eigenvalue weighted by Crippen LogP contribution is 2.24. The number of hydrogen-bond donors (Lipinski definition) is 3. The lowest BCUT2D eigenvalue weighted by Crippen LogP contribution is -2.20. The Hall–Kier alpha value is -3.96. The molecule has 0 aromatic carbocycles. The number of nitrogens with zero attached hydrogens (tertiary/aromatic N) is 5. The molecule has 0 radical (unpaired) electrons. The van der Waals surface area contributed by atoms with Crippen molar-refractivity contribution in [1.82, 2.24) is 30.2 Å². The van der Waals surface area contributed by atoms with E-state index in [4.69, 9.17) is 4.74 Å². The van der Waals surface area contributed by atoms with E-state index in [-0.39, 0.29) is 12.1 Å². The smallest absolute Gasteiger partial charge is 0.348 e. The van der Waals surface area contributed by atoms with Crippen LogP contribution in [0.1, 0.15) is 21.8 Å². The number of hydrogen-bond acceptors (Lipinski definition) is 11. The van der Waals surface area contributed by atoms with Crippen molar-refractivity contribution in [3.63, 3.8) is 0 Å². The zero-order chi connectivity index (χ0) is 23.3. The summed E-state index contributed by atoms with van der Waals surface area (Å²) in [5.41, 5.74) is 2.31. The van der Waals surface area contributed by atoms with Crippen LogP contribution in [0.25, 0.3) is 11.5 Å². The van der Waals surface area contributed by atoms with Crippen LogP contribution in [0, 0.1) is 6.92 Å². The summed E-state index contributed by atoms with van der Waals surface area (Å²) in [6, 6.07) is 11.0. The van der Waals surface area contributed by atoms with Crippen LogP contribution >= 0.6 is 11.3 Å². The van der Waals surface area contributed by atoms with Crippen molar-refractivity contribution in [2.45, 2.75) is 19.4 Å². The van der Waals surface area contributed by atoms with Gasteiger partial charge in [-0.1, -0.05) is 6.07 Å². The van der Waals surface area contributed by atoms with E-state index in [1.54, 1.807) is 30.6 Å². The van der Waals surface area contributed by atoms with Crippen LogP contribution in [0.5, 0.6) is 0 Å². The van der Waals surface area contributed by atoms with Crippen LogP contribution < -0.4 is 16.0 Å². The summed E-state index contributed by atoms with van der Waals surface area (Å²) in [5.74, 6) is 1.73. The molecule has 1 fully saturated rings. The summed E-state index contributed by atoms with van der Waals surface area (Å²) in [4.78, 5) is 35.0. The first-order valence-electron chi connectivity index (χ1n) is 10.8. The molecule has 0 bridgehead atoms. The van der Waals surface area contributed by atoms with Gasteiger partial charge in [-0.3, -0.25) is 0 Å². The molecule has 4 aromatic heterocycles. The van der Waals surface area contributed by atoms with E-state index in [9.17, 15) is 4.79 Å². The number of aryl methyl sites for hydroxylation is 1. The zero-order valence-electron chi connectivity index (χ0n) is 18.4. The summed E-state index contributed by atoms with van der Waals surface area (Å²) in [6.07, 6.45) is 4.07. The Bertz CT molecular complexity index is 1310. The molecular weight excluding hydrogens is 452 g/mol. The van der Waals surface area contributed by atoms with Crippen molar-refractivity contribution in [1.29, 1.82) is 0 Å². The number of carbonyl (C=O) groups excluding carboxylic acids is 1. The molecule has 34 heavy (non-hydrogen) atoms. The standard InChI is InChI=1S/C23H22N8O2S/c1-14-3-2-4-17(27-14)21-25-9-6-19(30-21)29-20-7-10-26-23(31-20)28-15-11-18(34-13-15)22(32)33-16-5-8-24-12-16/h2-4,6-7,9-11,13,16,24H,5,8,12H2,1H3,(H2,25,26,28,29,30,31)/t16-/m1/s1. The Morgan fingerprint density at radius 2 is 1.94 bits per heavy atom. The van der Waals surface area contributed by atoms with Crippen LogP contribution in [0.15, 0.2) is 54.2 Å². The molecule has 0 unspecified atom stereocenters. The number of pyridine rings is 1. The van der Waals surface area contributed by atoms with Gasteiger partial charge in [-0.05, 0) is 50.2 Å². The van der Waals surface area contributed by atoms with Crippen molar-refractivity contribution in [3.05, 3.63) is 64.7 Å². The predicted octanol–water partition coefficient (Wildman–Crippen LogP) is 3.70. The molecular formula is C23H22N8O2S. The quantitative estimate of drug-likeness (QED) is 0.341. The molecule has 0 amide bonds. The van der Waals surface area contributed by atoms with Crippen LogP contribution in [0.3, 0.4) is 0 Å². The Labute approximate surface area is 199 Å². The fraction of sp³-hybridized carbons (Fsp3) is 0.217. The van der Waals surface area contributed by atoms with Crippen molar-refractivity contribution >= 4 is 40.6 Å². The van der Waals surface area contributed by atoms with Crippen molar-refractivity contribution in [2.75, 3.05) is 23.7 Å². The summed E-state index contributed by atoms with van der Waals surface area (Å²) < 4.78 is 5.52. The third-order valence-electron chi connectivity index (χ3n) is 5.03. The maximum Gasteiger partial charge on any atom is 0.348 e. The Balaban J connectivity index is 1.25. The normalized spacial score (nSPS) is 15.1. The summed E-state index contributed by atoms with van der Waals surface area (Å²) in [5, 5.41) is 11.3. The molecule has 5 rings (SSSR count). The van der Waals surface area contributed by atoms with Crippen molar-refractivity contribution in [2.24, 2.45) is 0 Å². The molecule has 11 heteroatoms. The second-order valence-corrected chi connectivity index (χ2v) is 8.58. The highest BCUT2D eigenvalue weighted by Gasteiger charge is 2.21. The summed E-state index contributed by atoms with van der Waals surface area (Å²) in [7, 11) is 0. The Morgan fingerprint density at radius 1 is 1.09 bits per heavy atom. The fourth-order valence-corrected chi connectivity index (χ4v) is 4.14. The number of carbonyl (C=O) groups is 1. The van der Waals surface area contributed by atoms with Gasteiger partial charge in [-0.15, -0.1) is 11.3 Å². The van der Waals surface area contributed by atoms with Crippen LogP contribution in [-0.2, 0) is 4.74 Å². The monoisotopic (exact) mass is 474 g/mol. The minimum atomic E-state index is -0.314. The minimum absolute atomic E-state index is 0.0684. The van der Waals surface area contributed by atoms with Gasteiger partial charge in [-0.2, -0.15) is 4.98 Å². The highest BCUT2D eigenvalue weighted by molar-refractivity contribution is 7.12. The first-order valence-corrected chi connectivity index (χ1v) is 11.6. The SMILES string of the molecule is Cc1cccc(-c2nccc(Nc3ccnc(Nc4csc(C(=O)O[C@@H]5CCNC5)c4)n3)n2)n1. The minimum Gasteiger partial charge on any atom is -0.457 e. The van der Waals surface area contributed by atoms with E-state index >= 15 is 0 Å². The first-order chi connectivity index (χ1) is 16.6. The van der Waals surface area contributed by atoms with Gasteiger partial charge in [0.2, 0.25) is 5.95 Å². The molecule has 1 saturated heterocycles. The number of aromatic nitrogens is 5. The third kappa shape index (κ3) is 5.33. The van der Waals surface area contributed by atoms with Gasteiger partial charge in [0.25, 0.3) is 0 Å². The number of ether oxygens (including phenoxy) is 1. The molecule has 4 aromatic rings. The molecule has 1 aliphatic heterocycles. The van der Waals surface area contributed by atoms with Crippen LogP contribution in [0.4, 0.5) is 23.3 Å². The highest BCUT2D eigenvalue weighted by atomic mass is 32.1. The molecule has 10 nitrogen and oxygen atoms in total. The van der Waals surface area contributed by atoms with Gasteiger partial charge < -0.3 is 20.7 Å². The Kier molecular flexibility index (Phi) is 6.36. The van der Waals surface area contributed by atoms with E-state index in [1.165, 1.54) is 11.3 Å². The van der Waals surface area contributed by atoms with E-state index in [1.807, 2.05) is 30.5 Å². The molecule has 1 atom stereocenters. The van der Waals surface area contributed by atoms with Crippen molar-refractivity contribution in [3.8, 4) is 11.5 Å². The molecule has 172 valence electrons. The van der Waals surface area contributed by atoms with Gasteiger partial charge in [0, 0.05) is 30.0 Å². The molecule has 0 saturated carbocycles. The third-order valence-corrected chi connectivity index (χ3v) is 5.94.